The van der Waals surface area contributed by atoms with Gasteiger partial charge in [-0.05, 0) is 117 Å². The Labute approximate surface area is 374 Å². The first-order valence-electron chi connectivity index (χ1n) is 22.7. The van der Waals surface area contributed by atoms with Gasteiger partial charge < -0.3 is 25.0 Å². The number of amides is 1. The number of nitrogens with one attached hydrogen (secondary N) is 3. The van der Waals surface area contributed by atoms with Crippen molar-refractivity contribution in [2.45, 2.75) is 107 Å². The number of sulfonamides is 1. The molecule has 16 heteroatoms. The number of hydrogen-bond acceptors (Lipinski definition) is 12. The molecule has 338 valence electrons. The summed E-state index contributed by atoms with van der Waals surface area (Å²) in [6, 6.07) is 19.2. The molecule has 2 saturated carbocycles. The zero-order valence-electron chi connectivity index (χ0n) is 36.8. The molecule has 1 spiro atoms. The van der Waals surface area contributed by atoms with E-state index in [1.807, 2.05) is 12.1 Å². The van der Waals surface area contributed by atoms with Crippen LogP contribution in [0, 0.1) is 21.4 Å². The van der Waals surface area contributed by atoms with E-state index in [1.54, 1.807) is 31.3 Å². The first kappa shape index (κ1) is 43.7. The average molecular weight is 891 g/mol. The molecule has 4 N–H and O–H groups in total. The molecular formula is C48H58N8O7S. The Morgan fingerprint density at radius 2 is 1.77 bits per heavy atom. The summed E-state index contributed by atoms with van der Waals surface area (Å²) in [6.45, 7) is 10.6. The van der Waals surface area contributed by atoms with Crippen molar-refractivity contribution in [3.63, 3.8) is 0 Å². The lowest BCUT2D eigenvalue weighted by molar-refractivity contribution is -0.384. The fourth-order valence-electron chi connectivity index (χ4n) is 10.6. The molecule has 0 radical (unpaired) electrons. The van der Waals surface area contributed by atoms with Gasteiger partial charge in [0.1, 0.15) is 22.0 Å². The van der Waals surface area contributed by atoms with Gasteiger partial charge in [-0.25, -0.2) is 23.1 Å². The molecule has 5 aromatic rings. The van der Waals surface area contributed by atoms with Crippen LogP contribution in [0.4, 0.5) is 17.2 Å². The largest absolute Gasteiger partial charge is 0.455 e. The lowest BCUT2D eigenvalue weighted by Crippen LogP contribution is -2.63. The number of piperidine rings is 1. The van der Waals surface area contributed by atoms with Crippen molar-refractivity contribution in [1.82, 2.24) is 24.6 Å². The van der Waals surface area contributed by atoms with E-state index in [0.29, 0.717) is 48.7 Å². The van der Waals surface area contributed by atoms with E-state index in [1.165, 1.54) is 36.6 Å². The number of carbonyl (C=O) groups is 1. The minimum atomic E-state index is -4.62. The second-order valence-electron chi connectivity index (χ2n) is 19.2. The van der Waals surface area contributed by atoms with Crippen LogP contribution < -0.4 is 19.7 Å². The Hall–Kier alpha value is -5.58. The highest BCUT2D eigenvalue weighted by Gasteiger charge is 2.49. The number of anilines is 2. The number of fused-ring (bicyclic) bond motifs is 1. The number of aromatic nitrogens is 3. The van der Waals surface area contributed by atoms with Gasteiger partial charge in [-0.3, -0.25) is 19.8 Å². The van der Waals surface area contributed by atoms with Crippen LogP contribution in [-0.4, -0.2) is 88.6 Å². The quantitative estimate of drug-likeness (QED) is 0.0651. The molecule has 15 nitrogen and oxygen atoms in total. The number of nitro groups is 1. The summed E-state index contributed by atoms with van der Waals surface area (Å²) in [5.41, 5.74) is 3.48. The Bertz CT molecular complexity index is 2640. The molecule has 2 saturated heterocycles. The van der Waals surface area contributed by atoms with E-state index in [4.69, 9.17) is 4.74 Å². The number of carbonyl (C=O) groups excluding carboxylic acids is 1. The number of aromatic amines is 1. The van der Waals surface area contributed by atoms with Gasteiger partial charge in [0.05, 0.1) is 28.5 Å². The third kappa shape index (κ3) is 9.04. The number of pyridine rings is 2. The van der Waals surface area contributed by atoms with Crippen LogP contribution in [0.25, 0.3) is 11.0 Å². The first-order valence-corrected chi connectivity index (χ1v) is 24.1. The lowest BCUT2D eigenvalue weighted by Gasteiger charge is -2.57. The van der Waals surface area contributed by atoms with Crippen LogP contribution in [0.1, 0.15) is 112 Å². The highest BCUT2D eigenvalue weighted by atomic mass is 32.2. The van der Waals surface area contributed by atoms with E-state index in [9.17, 15) is 28.4 Å². The molecule has 2 aliphatic carbocycles. The molecule has 4 fully saturated rings. The second kappa shape index (κ2) is 17.4. The molecule has 2 aromatic carbocycles. The van der Waals surface area contributed by atoms with Crippen LogP contribution in [-0.2, 0) is 10.0 Å². The Morgan fingerprint density at radius 1 is 1.00 bits per heavy atom. The topological polar surface area (TPSA) is 196 Å². The fraction of sp³-hybridized carbons (Fsp3) is 0.479. The van der Waals surface area contributed by atoms with Crippen LogP contribution in [0.3, 0.4) is 0 Å². The number of nitrogens with zero attached hydrogens (tertiary/aromatic N) is 5. The van der Waals surface area contributed by atoms with Crippen molar-refractivity contribution in [2.24, 2.45) is 11.3 Å². The fourth-order valence-corrected chi connectivity index (χ4v) is 11.6. The van der Waals surface area contributed by atoms with E-state index >= 15 is 0 Å². The Balaban J connectivity index is 0.895. The molecule has 0 bridgehead atoms. The summed E-state index contributed by atoms with van der Waals surface area (Å²) in [4.78, 5) is 41.5. The number of likely N-dealkylation sites (tertiary alicyclic amines) is 1. The maximum absolute atomic E-state index is 14.0. The zero-order valence-corrected chi connectivity index (χ0v) is 37.6. The molecule has 2 atom stereocenters. The number of H-pyrrole nitrogens is 1. The van der Waals surface area contributed by atoms with Gasteiger partial charge in [-0.2, -0.15) is 0 Å². The molecule has 2 aliphatic heterocycles. The normalized spacial score (nSPS) is 23.6. The summed E-state index contributed by atoms with van der Waals surface area (Å²) >= 11 is 0. The monoisotopic (exact) mass is 890 g/mol. The molecule has 9 rings (SSSR count). The molecular weight excluding hydrogens is 833 g/mol. The number of benzene rings is 2. The number of aliphatic hydroxyl groups is 1. The van der Waals surface area contributed by atoms with E-state index in [2.05, 4.69) is 72.9 Å². The molecule has 4 aliphatic rings. The highest BCUT2D eigenvalue weighted by Crippen LogP contribution is 2.49. The summed E-state index contributed by atoms with van der Waals surface area (Å²) in [6.07, 6.45) is 12.8. The Kier molecular flexibility index (Phi) is 11.9. The van der Waals surface area contributed by atoms with Crippen LogP contribution in [0.15, 0.2) is 84.1 Å². The minimum Gasteiger partial charge on any atom is -0.455 e. The highest BCUT2D eigenvalue weighted by molar-refractivity contribution is 7.90. The lowest BCUT2D eigenvalue weighted by atomic mass is 9.70. The Morgan fingerprint density at radius 3 is 2.52 bits per heavy atom. The van der Waals surface area contributed by atoms with E-state index in [0.717, 1.165) is 75.2 Å². The van der Waals surface area contributed by atoms with Crippen molar-refractivity contribution >= 4 is 44.2 Å². The van der Waals surface area contributed by atoms with Gasteiger partial charge >= 0.3 is 5.69 Å². The molecule has 5 heterocycles. The van der Waals surface area contributed by atoms with Crippen LogP contribution >= 0.6 is 0 Å². The van der Waals surface area contributed by atoms with E-state index in [-0.39, 0.29) is 28.5 Å². The van der Waals surface area contributed by atoms with Gasteiger partial charge in [0.2, 0.25) is 5.82 Å². The minimum absolute atomic E-state index is 0.0398. The number of ether oxygens (including phenoxy) is 1. The summed E-state index contributed by atoms with van der Waals surface area (Å²) in [5.74, 6) is 0.694. The van der Waals surface area contributed by atoms with Gasteiger partial charge in [0, 0.05) is 68.2 Å². The standard InChI is InChI=1S/C48H58N8O7S/c1-31(2)37-7-4-5-8-38(37)39-9-6-10-41(39)55-29-48(30-55)18-21-54(22-19-48)34-11-12-40(43(24-34)63-35-23-33-15-20-49-44(33)51-27-35)46(57)53-64(61,62)36-25-42(56(59)60)45(52-28-36)50-26-32-13-16-47(3,58)17-14-32/h4-5,7-8,11-12,15,20,23-25,27-28,31-32,39,41,58H,6,9-10,13-14,16-19,21-22,26,29-30H2,1-3H3,(H,49,51)(H,50,52)(H,53,57)/t32-,39-,41-,47-/m1/s1. The van der Waals surface area contributed by atoms with Gasteiger partial charge in [0.15, 0.2) is 0 Å². The van der Waals surface area contributed by atoms with Crippen LogP contribution in [0.2, 0.25) is 0 Å². The van der Waals surface area contributed by atoms with Crippen molar-refractivity contribution < 1.29 is 28.0 Å². The van der Waals surface area contributed by atoms with Gasteiger partial charge in [0.25, 0.3) is 15.9 Å². The predicted molar refractivity (Wildman–Crippen MR) is 246 cm³/mol. The average Bonchev–Trinajstić information content (AvgIpc) is 3.95. The molecule has 64 heavy (non-hydrogen) atoms. The summed E-state index contributed by atoms with van der Waals surface area (Å²) in [7, 11) is -4.62. The van der Waals surface area contributed by atoms with E-state index < -0.39 is 37.0 Å². The molecule has 0 unspecified atom stereocenters. The molecule has 3 aromatic heterocycles. The third-order valence-corrected chi connectivity index (χ3v) is 15.7. The first-order chi connectivity index (χ1) is 30.7. The number of hydrogen-bond donors (Lipinski definition) is 4. The summed E-state index contributed by atoms with van der Waals surface area (Å²) < 4.78 is 35.8. The van der Waals surface area contributed by atoms with Crippen molar-refractivity contribution in [2.75, 3.05) is 42.9 Å². The third-order valence-electron chi connectivity index (χ3n) is 14.4. The SMILES string of the molecule is CC(C)c1ccccc1[C@H]1CCC[C@H]1N1CC2(CCN(c3ccc(C(=O)NS(=O)(=O)c4cnc(NC[C@H]5CC[C@](C)(O)CC5)c([N+](=O)[O-])c4)c(Oc4cnc5[nH]ccc5c4)c3)CC2)C1. The van der Waals surface area contributed by atoms with Crippen molar-refractivity contribution in [3.05, 3.63) is 106 Å². The smallest absolute Gasteiger partial charge is 0.312 e. The van der Waals surface area contributed by atoms with Gasteiger partial charge in [-0.15, -0.1) is 0 Å². The van der Waals surface area contributed by atoms with Crippen molar-refractivity contribution in [3.8, 4) is 11.5 Å². The second-order valence-corrected chi connectivity index (χ2v) is 20.9. The maximum Gasteiger partial charge on any atom is 0.312 e. The molecule has 1 amide bonds. The maximum atomic E-state index is 14.0. The zero-order chi connectivity index (χ0) is 44.8. The van der Waals surface area contributed by atoms with Crippen molar-refractivity contribution in [1.29, 1.82) is 0 Å². The number of rotatable bonds is 13. The van der Waals surface area contributed by atoms with Crippen LogP contribution in [0.5, 0.6) is 11.5 Å². The predicted octanol–water partition coefficient (Wildman–Crippen LogP) is 8.49. The van der Waals surface area contributed by atoms with Gasteiger partial charge in [-0.1, -0.05) is 44.5 Å². The summed E-state index contributed by atoms with van der Waals surface area (Å²) in [5, 5.41) is 26.2.